The Morgan fingerprint density at radius 1 is 0.441 bits per heavy atom. The van der Waals surface area contributed by atoms with Crippen molar-refractivity contribution < 1.29 is 14.3 Å². The molecule has 0 rings (SSSR count). The van der Waals surface area contributed by atoms with Gasteiger partial charge in [-0.05, 0) is 38.5 Å². The van der Waals surface area contributed by atoms with E-state index in [0.29, 0.717) is 13.2 Å². The van der Waals surface area contributed by atoms with Gasteiger partial charge < -0.3 is 9.47 Å². The Hall–Kier alpha value is -0.990. The van der Waals surface area contributed by atoms with E-state index in [1.54, 1.807) is 0 Å². The van der Waals surface area contributed by atoms with Gasteiger partial charge in [-0.25, -0.2) is 4.79 Å². The van der Waals surface area contributed by atoms with Crippen LogP contribution in [0, 0.1) is 0 Å². The van der Waals surface area contributed by atoms with Crippen LogP contribution in [0.2, 0.25) is 0 Å². The topological polar surface area (TPSA) is 35.5 Å². The van der Waals surface area contributed by atoms with Crippen molar-refractivity contribution in [2.45, 2.75) is 168 Å². The van der Waals surface area contributed by atoms with Crippen molar-refractivity contribution in [3.05, 3.63) is 12.2 Å². The highest BCUT2D eigenvalue weighted by molar-refractivity contribution is 5.59. The molecule has 3 heteroatoms. The minimum atomic E-state index is -0.484. The Bertz CT molecular complexity index is 419. The maximum Gasteiger partial charge on any atom is 0.508 e. The average Bonchev–Trinajstić information content (AvgIpc) is 2.84. The number of ether oxygens (including phenoxy) is 2. The van der Waals surface area contributed by atoms with E-state index in [1.807, 2.05) is 0 Å². The maximum absolute atomic E-state index is 11.5. The first kappa shape index (κ1) is 33.0. The highest BCUT2D eigenvalue weighted by atomic mass is 16.7. The van der Waals surface area contributed by atoms with Crippen LogP contribution in [0.3, 0.4) is 0 Å². The summed E-state index contributed by atoms with van der Waals surface area (Å²) in [6.45, 7) is 5.51. The van der Waals surface area contributed by atoms with Gasteiger partial charge in [0.15, 0.2) is 0 Å². The van der Waals surface area contributed by atoms with Crippen LogP contribution in [-0.4, -0.2) is 19.4 Å². The molecule has 0 aromatic rings. The third kappa shape index (κ3) is 29.0. The monoisotopic (exact) mass is 480 g/mol. The van der Waals surface area contributed by atoms with E-state index in [9.17, 15) is 4.79 Å². The van der Waals surface area contributed by atoms with Gasteiger partial charge in [0, 0.05) is 0 Å². The van der Waals surface area contributed by atoms with Crippen molar-refractivity contribution in [2.24, 2.45) is 0 Å². The van der Waals surface area contributed by atoms with Gasteiger partial charge in [-0.15, -0.1) is 0 Å². The first-order valence-corrected chi connectivity index (χ1v) is 15.3. The van der Waals surface area contributed by atoms with Crippen LogP contribution in [0.15, 0.2) is 12.2 Å². The molecule has 0 atom stereocenters. The van der Waals surface area contributed by atoms with Crippen molar-refractivity contribution in [1.29, 1.82) is 0 Å². The summed E-state index contributed by atoms with van der Waals surface area (Å²) in [5.41, 5.74) is 0. The number of unbranched alkanes of at least 4 members (excludes halogenated alkanes) is 21. The van der Waals surface area contributed by atoms with E-state index < -0.39 is 6.16 Å². The Balaban J connectivity index is 3.15. The summed E-state index contributed by atoms with van der Waals surface area (Å²) in [5, 5.41) is 0. The number of carbonyl (C=O) groups excluding carboxylic acids is 1. The van der Waals surface area contributed by atoms with E-state index >= 15 is 0 Å². The molecule has 0 bridgehead atoms. The van der Waals surface area contributed by atoms with Crippen LogP contribution in [0.25, 0.3) is 0 Å². The largest absolute Gasteiger partial charge is 0.508 e. The van der Waals surface area contributed by atoms with Gasteiger partial charge in [0.05, 0.1) is 13.2 Å². The summed E-state index contributed by atoms with van der Waals surface area (Å²) < 4.78 is 10.3. The summed E-state index contributed by atoms with van der Waals surface area (Å²) in [6, 6.07) is 0. The molecule has 0 aliphatic carbocycles. The van der Waals surface area contributed by atoms with E-state index in [2.05, 4.69) is 26.0 Å². The first-order valence-electron chi connectivity index (χ1n) is 15.3. The van der Waals surface area contributed by atoms with Gasteiger partial charge in [-0.2, -0.15) is 0 Å². The average molecular weight is 481 g/mol. The molecule has 0 unspecified atom stereocenters. The van der Waals surface area contributed by atoms with Gasteiger partial charge in [0.1, 0.15) is 0 Å². The predicted molar refractivity (Wildman–Crippen MR) is 149 cm³/mol. The second kappa shape index (κ2) is 30.0. The minimum Gasteiger partial charge on any atom is -0.434 e. The van der Waals surface area contributed by atoms with E-state index in [1.165, 1.54) is 128 Å². The lowest BCUT2D eigenvalue weighted by atomic mass is 10.1. The molecule has 3 nitrogen and oxygen atoms in total. The summed E-state index contributed by atoms with van der Waals surface area (Å²) in [5.74, 6) is 0. The zero-order chi connectivity index (χ0) is 24.8. The van der Waals surface area contributed by atoms with Crippen LogP contribution in [-0.2, 0) is 9.47 Å². The van der Waals surface area contributed by atoms with E-state index in [0.717, 1.165) is 25.7 Å². The van der Waals surface area contributed by atoms with Gasteiger partial charge >= 0.3 is 6.16 Å². The Labute approximate surface area is 213 Å². The Morgan fingerprint density at radius 2 is 0.735 bits per heavy atom. The number of hydrogen-bond donors (Lipinski definition) is 0. The first-order chi connectivity index (χ1) is 16.8. The molecule has 0 aromatic carbocycles. The molecule has 0 saturated heterocycles. The molecule has 0 aliphatic rings. The van der Waals surface area contributed by atoms with Crippen molar-refractivity contribution in [3.8, 4) is 0 Å². The van der Waals surface area contributed by atoms with Gasteiger partial charge in [-0.3, -0.25) is 0 Å². The predicted octanol–water partition coefficient (Wildman–Crippen LogP) is 11.1. The molecule has 0 amide bonds. The van der Waals surface area contributed by atoms with Crippen LogP contribution in [0.5, 0.6) is 0 Å². The summed E-state index contributed by atoms with van der Waals surface area (Å²) in [6.07, 6.45) is 35.3. The highest BCUT2D eigenvalue weighted by Gasteiger charge is 2.03. The number of rotatable bonds is 27. The summed E-state index contributed by atoms with van der Waals surface area (Å²) in [7, 11) is 0. The van der Waals surface area contributed by atoms with Gasteiger partial charge in [-0.1, -0.05) is 142 Å². The molecule has 0 aromatic heterocycles. The van der Waals surface area contributed by atoms with Crippen molar-refractivity contribution >= 4 is 6.16 Å². The molecular weight excluding hydrogens is 420 g/mol. The Kier molecular flexibility index (Phi) is 29.2. The molecular formula is C31H60O3. The standard InChI is InChI=1S/C31H60O3/c1-3-5-7-9-11-12-13-14-15-16-17-18-19-20-21-22-23-24-26-28-30-34-31(32)33-29-27-25-10-8-6-4-2/h14-15H,3-13,16-30H2,1-2H3/b15-14-. The lowest BCUT2D eigenvalue weighted by Gasteiger charge is -2.06. The second-order valence-electron chi connectivity index (χ2n) is 10.1. The highest BCUT2D eigenvalue weighted by Crippen LogP contribution is 2.12. The van der Waals surface area contributed by atoms with Gasteiger partial charge in [0.2, 0.25) is 0 Å². The fraction of sp³-hybridized carbons (Fsp3) is 0.903. The normalized spacial score (nSPS) is 11.4. The van der Waals surface area contributed by atoms with Crippen molar-refractivity contribution in [3.63, 3.8) is 0 Å². The minimum absolute atomic E-state index is 0.484. The smallest absolute Gasteiger partial charge is 0.434 e. The molecule has 34 heavy (non-hydrogen) atoms. The summed E-state index contributed by atoms with van der Waals surface area (Å²) in [4.78, 5) is 11.5. The number of carbonyl (C=O) groups is 1. The quantitative estimate of drug-likeness (QED) is 0.0666. The lowest BCUT2D eigenvalue weighted by molar-refractivity contribution is 0.0529. The van der Waals surface area contributed by atoms with Gasteiger partial charge in [0.25, 0.3) is 0 Å². The van der Waals surface area contributed by atoms with Crippen molar-refractivity contribution in [1.82, 2.24) is 0 Å². The van der Waals surface area contributed by atoms with E-state index in [4.69, 9.17) is 9.47 Å². The zero-order valence-corrected chi connectivity index (χ0v) is 23.3. The third-order valence-electron chi connectivity index (χ3n) is 6.59. The SMILES string of the molecule is CCCCCCCC/C=C\CCCCCCCCCCCCOC(=O)OCCCCCCCC. The molecule has 0 saturated carbocycles. The van der Waals surface area contributed by atoms with E-state index in [-0.39, 0.29) is 0 Å². The molecule has 0 fully saturated rings. The molecule has 0 N–H and O–H groups in total. The number of hydrogen-bond acceptors (Lipinski definition) is 3. The second-order valence-corrected chi connectivity index (χ2v) is 10.1. The molecule has 0 spiro atoms. The fourth-order valence-electron chi connectivity index (χ4n) is 4.29. The number of allylic oxidation sites excluding steroid dienone is 2. The maximum atomic E-state index is 11.5. The summed E-state index contributed by atoms with van der Waals surface area (Å²) >= 11 is 0. The van der Waals surface area contributed by atoms with Crippen LogP contribution >= 0.6 is 0 Å². The lowest BCUT2D eigenvalue weighted by Crippen LogP contribution is -2.09. The van der Waals surface area contributed by atoms with Crippen LogP contribution < -0.4 is 0 Å². The Morgan fingerprint density at radius 3 is 1.09 bits per heavy atom. The fourth-order valence-corrected chi connectivity index (χ4v) is 4.29. The van der Waals surface area contributed by atoms with Crippen molar-refractivity contribution in [2.75, 3.05) is 13.2 Å². The molecule has 202 valence electrons. The zero-order valence-electron chi connectivity index (χ0n) is 23.3. The third-order valence-corrected chi connectivity index (χ3v) is 6.59. The molecule has 0 heterocycles. The molecule has 0 aliphatic heterocycles. The van der Waals surface area contributed by atoms with Crippen LogP contribution in [0.4, 0.5) is 4.79 Å². The molecule has 0 radical (unpaired) electrons. The van der Waals surface area contributed by atoms with Crippen LogP contribution in [0.1, 0.15) is 168 Å².